The predicted molar refractivity (Wildman–Crippen MR) is 82.0 cm³/mol. The van der Waals surface area contributed by atoms with Crippen molar-refractivity contribution >= 4 is 22.6 Å². The zero-order valence-electron chi connectivity index (χ0n) is 11.6. The molecule has 0 saturated heterocycles. The molecule has 1 aromatic carbocycles. The van der Waals surface area contributed by atoms with Gasteiger partial charge in [-0.3, -0.25) is 0 Å². The van der Waals surface area contributed by atoms with Crippen LogP contribution < -0.4 is 0 Å². The van der Waals surface area contributed by atoms with E-state index in [2.05, 4.69) is 0 Å². The summed E-state index contributed by atoms with van der Waals surface area (Å²) < 4.78 is 5.80. The SMILES string of the molecule is OC(c1cc2cccc(Cl)c2o1)C1CCCCCCC1. The number of hydrogen-bond donors (Lipinski definition) is 1. The van der Waals surface area contributed by atoms with Crippen molar-refractivity contribution in [3.63, 3.8) is 0 Å². The molecule has 0 aliphatic heterocycles. The highest BCUT2D eigenvalue weighted by Crippen LogP contribution is 2.36. The lowest BCUT2D eigenvalue weighted by Gasteiger charge is -2.23. The summed E-state index contributed by atoms with van der Waals surface area (Å²) in [5.41, 5.74) is 0.689. The maximum absolute atomic E-state index is 10.6. The number of para-hydroxylation sites is 1. The van der Waals surface area contributed by atoms with Crippen molar-refractivity contribution in [2.75, 3.05) is 0 Å². The molecule has 1 saturated carbocycles. The van der Waals surface area contributed by atoms with Crippen LogP contribution in [0, 0.1) is 5.92 Å². The Labute approximate surface area is 124 Å². The van der Waals surface area contributed by atoms with Crippen LogP contribution in [0.5, 0.6) is 0 Å². The van der Waals surface area contributed by atoms with Gasteiger partial charge in [0.2, 0.25) is 0 Å². The lowest BCUT2D eigenvalue weighted by Crippen LogP contribution is -2.13. The van der Waals surface area contributed by atoms with Crippen LogP contribution in [0.2, 0.25) is 5.02 Å². The molecule has 108 valence electrons. The molecule has 0 radical (unpaired) electrons. The summed E-state index contributed by atoms with van der Waals surface area (Å²) in [7, 11) is 0. The van der Waals surface area contributed by atoms with E-state index < -0.39 is 6.10 Å². The third kappa shape index (κ3) is 2.87. The van der Waals surface area contributed by atoms with Crippen LogP contribution in [-0.4, -0.2) is 5.11 Å². The van der Waals surface area contributed by atoms with Crippen molar-refractivity contribution in [2.24, 2.45) is 5.92 Å². The molecule has 1 unspecified atom stereocenters. The smallest absolute Gasteiger partial charge is 0.152 e. The first-order valence-electron chi connectivity index (χ1n) is 7.62. The molecular weight excluding hydrogens is 272 g/mol. The van der Waals surface area contributed by atoms with Gasteiger partial charge < -0.3 is 9.52 Å². The Morgan fingerprint density at radius 1 is 1.10 bits per heavy atom. The van der Waals surface area contributed by atoms with Gasteiger partial charge in [-0.25, -0.2) is 0 Å². The van der Waals surface area contributed by atoms with Gasteiger partial charge in [-0.1, -0.05) is 55.8 Å². The summed E-state index contributed by atoms with van der Waals surface area (Å²) in [5, 5.41) is 12.2. The summed E-state index contributed by atoms with van der Waals surface area (Å²) in [6.45, 7) is 0. The van der Waals surface area contributed by atoms with Gasteiger partial charge in [0.25, 0.3) is 0 Å². The van der Waals surface area contributed by atoms with Crippen molar-refractivity contribution in [3.8, 4) is 0 Å². The second-order valence-electron chi connectivity index (χ2n) is 5.86. The molecule has 1 N–H and O–H groups in total. The van der Waals surface area contributed by atoms with Gasteiger partial charge in [0, 0.05) is 5.39 Å². The molecule has 1 fully saturated rings. The quantitative estimate of drug-likeness (QED) is 0.795. The average Bonchev–Trinajstić information content (AvgIpc) is 2.83. The largest absolute Gasteiger partial charge is 0.457 e. The number of halogens is 1. The van der Waals surface area contributed by atoms with Crippen LogP contribution in [0.25, 0.3) is 11.0 Å². The number of benzene rings is 1. The molecule has 2 nitrogen and oxygen atoms in total. The monoisotopic (exact) mass is 292 g/mol. The number of rotatable bonds is 2. The van der Waals surface area contributed by atoms with E-state index in [1.54, 1.807) is 0 Å². The van der Waals surface area contributed by atoms with E-state index >= 15 is 0 Å². The van der Waals surface area contributed by atoms with Gasteiger partial charge in [-0.2, -0.15) is 0 Å². The van der Waals surface area contributed by atoms with E-state index in [1.165, 1.54) is 32.1 Å². The lowest BCUT2D eigenvalue weighted by atomic mass is 9.86. The fraction of sp³-hybridized carbons (Fsp3) is 0.529. The molecule has 3 rings (SSSR count). The molecule has 0 bridgehead atoms. The van der Waals surface area contributed by atoms with E-state index in [1.807, 2.05) is 24.3 Å². The summed E-state index contributed by atoms with van der Waals surface area (Å²) in [4.78, 5) is 0. The topological polar surface area (TPSA) is 33.4 Å². The maximum atomic E-state index is 10.6. The number of aliphatic hydroxyl groups is 1. The first-order valence-corrected chi connectivity index (χ1v) is 7.99. The zero-order chi connectivity index (χ0) is 13.9. The Morgan fingerprint density at radius 3 is 2.50 bits per heavy atom. The minimum atomic E-state index is -0.503. The second kappa shape index (κ2) is 6.19. The molecule has 1 heterocycles. The Kier molecular flexibility index (Phi) is 4.32. The number of aliphatic hydroxyl groups excluding tert-OH is 1. The van der Waals surface area contributed by atoms with Gasteiger partial charge in [-0.15, -0.1) is 0 Å². The minimum absolute atomic E-state index is 0.314. The van der Waals surface area contributed by atoms with Gasteiger partial charge in [0.05, 0.1) is 5.02 Å². The van der Waals surface area contributed by atoms with Crippen LogP contribution in [-0.2, 0) is 0 Å². The molecular formula is C17H21ClO2. The van der Waals surface area contributed by atoms with Crippen LogP contribution >= 0.6 is 11.6 Å². The lowest BCUT2D eigenvalue weighted by molar-refractivity contribution is 0.0726. The normalized spacial score (nSPS) is 19.7. The maximum Gasteiger partial charge on any atom is 0.152 e. The van der Waals surface area contributed by atoms with Crippen molar-refractivity contribution in [1.82, 2.24) is 0 Å². The second-order valence-corrected chi connectivity index (χ2v) is 6.26. The summed E-state index contributed by atoms with van der Waals surface area (Å²) >= 11 is 6.13. The molecule has 0 amide bonds. The van der Waals surface area contributed by atoms with Crippen LogP contribution in [0.4, 0.5) is 0 Å². The van der Waals surface area contributed by atoms with E-state index in [0.29, 0.717) is 22.3 Å². The molecule has 2 aromatic rings. The minimum Gasteiger partial charge on any atom is -0.457 e. The molecule has 1 aliphatic rings. The summed E-state index contributed by atoms with van der Waals surface area (Å²) in [6.07, 6.45) is 8.01. The highest BCUT2D eigenvalue weighted by atomic mass is 35.5. The molecule has 1 atom stereocenters. The van der Waals surface area contributed by atoms with Gasteiger partial charge in [0.1, 0.15) is 11.9 Å². The highest BCUT2D eigenvalue weighted by molar-refractivity contribution is 6.34. The summed E-state index contributed by atoms with van der Waals surface area (Å²) in [6, 6.07) is 7.63. The van der Waals surface area contributed by atoms with Crippen LogP contribution in [0.3, 0.4) is 0 Å². The highest BCUT2D eigenvalue weighted by Gasteiger charge is 2.24. The van der Waals surface area contributed by atoms with E-state index in [9.17, 15) is 5.11 Å². The van der Waals surface area contributed by atoms with Crippen molar-refractivity contribution in [2.45, 2.75) is 51.0 Å². The molecule has 1 aromatic heterocycles. The standard InChI is InChI=1S/C17H21ClO2/c18-14-10-6-9-13-11-15(20-17(13)14)16(19)12-7-4-2-1-3-5-8-12/h6,9-12,16,19H,1-5,7-8H2. The Morgan fingerprint density at radius 2 is 1.80 bits per heavy atom. The Hall–Kier alpha value is -0.990. The Bertz CT molecular complexity index is 567. The molecule has 1 aliphatic carbocycles. The number of hydrogen-bond acceptors (Lipinski definition) is 2. The molecule has 20 heavy (non-hydrogen) atoms. The fourth-order valence-electron chi connectivity index (χ4n) is 3.23. The van der Waals surface area contributed by atoms with Gasteiger partial charge in [-0.05, 0) is 30.9 Å². The number of furan rings is 1. The first-order chi connectivity index (χ1) is 9.75. The van der Waals surface area contributed by atoms with Crippen molar-refractivity contribution in [3.05, 3.63) is 35.0 Å². The van der Waals surface area contributed by atoms with E-state index in [4.69, 9.17) is 16.0 Å². The molecule has 0 spiro atoms. The average molecular weight is 293 g/mol. The Balaban J connectivity index is 1.83. The fourth-order valence-corrected chi connectivity index (χ4v) is 3.45. The van der Waals surface area contributed by atoms with Crippen LogP contribution in [0.1, 0.15) is 56.8 Å². The third-order valence-corrected chi connectivity index (χ3v) is 4.70. The third-order valence-electron chi connectivity index (χ3n) is 4.40. The predicted octanol–water partition coefficient (Wildman–Crippen LogP) is 5.48. The first kappa shape index (κ1) is 14.0. The molecule has 3 heteroatoms. The van der Waals surface area contributed by atoms with Gasteiger partial charge in [0.15, 0.2) is 5.58 Å². The van der Waals surface area contributed by atoms with Crippen molar-refractivity contribution in [1.29, 1.82) is 0 Å². The summed E-state index contributed by atoms with van der Waals surface area (Å²) in [5.74, 6) is 0.980. The van der Waals surface area contributed by atoms with Crippen molar-refractivity contribution < 1.29 is 9.52 Å². The van der Waals surface area contributed by atoms with E-state index in [-0.39, 0.29) is 0 Å². The van der Waals surface area contributed by atoms with E-state index in [0.717, 1.165) is 18.2 Å². The van der Waals surface area contributed by atoms with Gasteiger partial charge >= 0.3 is 0 Å². The zero-order valence-corrected chi connectivity index (χ0v) is 12.4. The number of fused-ring (bicyclic) bond motifs is 1. The van der Waals surface area contributed by atoms with Crippen LogP contribution in [0.15, 0.2) is 28.7 Å².